The Morgan fingerprint density at radius 1 is 1.47 bits per heavy atom. The first-order chi connectivity index (χ1) is 9.04. The first-order valence-electron chi connectivity index (χ1n) is 5.93. The van der Waals surface area contributed by atoms with Gasteiger partial charge in [-0.3, -0.25) is 9.59 Å². The third kappa shape index (κ3) is 3.61. The van der Waals surface area contributed by atoms with Crippen molar-refractivity contribution >= 4 is 23.2 Å². The molecule has 0 spiro atoms. The van der Waals surface area contributed by atoms with Crippen LogP contribution in [-0.4, -0.2) is 17.5 Å². The monoisotopic (exact) mass is 263 g/mol. The van der Waals surface area contributed by atoms with Gasteiger partial charge in [-0.2, -0.15) is 5.10 Å². The van der Waals surface area contributed by atoms with Crippen LogP contribution in [0.15, 0.2) is 29.4 Å². The van der Waals surface area contributed by atoms with Gasteiger partial charge in [0.2, 0.25) is 11.8 Å². The number of amides is 2. The number of carbonyl (C=O) groups is 2. The lowest BCUT2D eigenvalue weighted by molar-refractivity contribution is -0.128. The number of hydrazone groups is 1. The minimum absolute atomic E-state index is 0.0794. The summed E-state index contributed by atoms with van der Waals surface area (Å²) in [4.78, 5) is 23.3. The molecule has 19 heavy (non-hydrogen) atoms. The summed E-state index contributed by atoms with van der Waals surface area (Å²) in [6.07, 6.45) is 0.554. The van der Waals surface area contributed by atoms with E-state index < -0.39 is 5.92 Å². The summed E-state index contributed by atoms with van der Waals surface area (Å²) in [5.41, 5.74) is 3.68. The molecule has 1 heterocycles. The highest BCUT2D eigenvalue weighted by atomic mass is 19.1. The Hall–Kier alpha value is -2.24. The third-order valence-corrected chi connectivity index (χ3v) is 2.83. The fourth-order valence-electron chi connectivity index (χ4n) is 1.87. The summed E-state index contributed by atoms with van der Waals surface area (Å²) >= 11 is 0. The molecular formula is C13H14FN3O2. The van der Waals surface area contributed by atoms with Gasteiger partial charge in [-0.1, -0.05) is 0 Å². The molecule has 1 atom stereocenters. The molecule has 0 unspecified atom stereocenters. The molecule has 0 fully saturated rings. The Balaban J connectivity index is 1.92. The van der Waals surface area contributed by atoms with E-state index in [9.17, 15) is 14.0 Å². The molecule has 1 aliphatic heterocycles. The molecule has 100 valence electrons. The summed E-state index contributed by atoms with van der Waals surface area (Å²) in [7, 11) is 0. The zero-order valence-electron chi connectivity index (χ0n) is 10.4. The summed E-state index contributed by atoms with van der Waals surface area (Å²) in [5.74, 6) is -1.30. The van der Waals surface area contributed by atoms with Crippen molar-refractivity contribution in [3.05, 3.63) is 30.1 Å². The van der Waals surface area contributed by atoms with Crippen LogP contribution in [0.3, 0.4) is 0 Å². The number of carbonyl (C=O) groups excluding carboxylic acids is 2. The molecule has 6 heteroatoms. The zero-order chi connectivity index (χ0) is 13.8. The van der Waals surface area contributed by atoms with E-state index in [2.05, 4.69) is 15.8 Å². The zero-order valence-corrected chi connectivity index (χ0v) is 10.4. The average Bonchev–Trinajstić information content (AvgIpc) is 2.37. The molecule has 0 aromatic heterocycles. The molecule has 2 N–H and O–H groups in total. The normalized spacial score (nSPS) is 18.5. The maximum atomic E-state index is 12.7. The molecule has 0 saturated heterocycles. The minimum atomic E-state index is -0.405. The van der Waals surface area contributed by atoms with E-state index in [0.717, 1.165) is 5.71 Å². The number of halogens is 1. The molecule has 2 amide bonds. The van der Waals surface area contributed by atoms with Crippen molar-refractivity contribution in [2.45, 2.75) is 19.8 Å². The van der Waals surface area contributed by atoms with Crippen molar-refractivity contribution in [1.29, 1.82) is 0 Å². The predicted molar refractivity (Wildman–Crippen MR) is 69.0 cm³/mol. The molecule has 0 saturated carbocycles. The van der Waals surface area contributed by atoms with Crippen LogP contribution >= 0.6 is 0 Å². The average molecular weight is 263 g/mol. The predicted octanol–water partition coefficient (Wildman–Crippen LogP) is 1.67. The van der Waals surface area contributed by atoms with Crippen LogP contribution < -0.4 is 10.7 Å². The van der Waals surface area contributed by atoms with E-state index in [-0.39, 0.29) is 24.1 Å². The highest BCUT2D eigenvalue weighted by Crippen LogP contribution is 2.16. The van der Waals surface area contributed by atoms with E-state index in [1.165, 1.54) is 24.3 Å². The van der Waals surface area contributed by atoms with Gasteiger partial charge in [-0.15, -0.1) is 0 Å². The summed E-state index contributed by atoms with van der Waals surface area (Å²) in [5, 5.41) is 6.43. The topological polar surface area (TPSA) is 70.6 Å². The number of rotatable bonds is 3. The number of nitrogens with one attached hydrogen (secondary N) is 2. The van der Waals surface area contributed by atoms with Gasteiger partial charge >= 0.3 is 0 Å². The van der Waals surface area contributed by atoms with Crippen molar-refractivity contribution in [1.82, 2.24) is 5.43 Å². The number of hydrogen-bond donors (Lipinski definition) is 2. The van der Waals surface area contributed by atoms with E-state index >= 15 is 0 Å². The lowest BCUT2D eigenvalue weighted by Gasteiger charge is -2.19. The third-order valence-electron chi connectivity index (χ3n) is 2.83. The highest BCUT2D eigenvalue weighted by molar-refractivity contribution is 5.98. The maximum absolute atomic E-state index is 12.7. The molecule has 1 aliphatic rings. The van der Waals surface area contributed by atoms with Crippen LogP contribution in [0.1, 0.15) is 19.8 Å². The lowest BCUT2D eigenvalue weighted by Crippen LogP contribution is -2.35. The molecule has 5 nitrogen and oxygen atoms in total. The Morgan fingerprint density at radius 3 is 2.84 bits per heavy atom. The van der Waals surface area contributed by atoms with Gasteiger partial charge in [-0.05, 0) is 37.6 Å². The van der Waals surface area contributed by atoms with Crippen molar-refractivity contribution in [2.75, 3.05) is 5.32 Å². The van der Waals surface area contributed by atoms with Gasteiger partial charge in [0.1, 0.15) is 5.82 Å². The maximum Gasteiger partial charge on any atom is 0.244 e. The van der Waals surface area contributed by atoms with E-state index in [0.29, 0.717) is 12.1 Å². The van der Waals surface area contributed by atoms with E-state index in [1.807, 2.05) is 0 Å². The van der Waals surface area contributed by atoms with Crippen LogP contribution in [0.4, 0.5) is 10.1 Å². The molecule has 0 bridgehead atoms. The molecule has 0 aliphatic carbocycles. The fourth-order valence-corrected chi connectivity index (χ4v) is 1.87. The molecule has 1 aromatic carbocycles. The second-order valence-corrected chi connectivity index (χ2v) is 4.48. The van der Waals surface area contributed by atoms with Gasteiger partial charge in [0.15, 0.2) is 0 Å². The van der Waals surface area contributed by atoms with Crippen LogP contribution in [0.5, 0.6) is 0 Å². The van der Waals surface area contributed by atoms with Crippen molar-refractivity contribution < 1.29 is 14.0 Å². The minimum Gasteiger partial charge on any atom is -0.326 e. The molecule has 1 aromatic rings. The second kappa shape index (κ2) is 5.60. The Labute approximate surface area is 109 Å². The number of benzene rings is 1. The van der Waals surface area contributed by atoms with Gasteiger partial charge in [-0.25, -0.2) is 9.82 Å². The van der Waals surface area contributed by atoms with Gasteiger partial charge in [0.05, 0.1) is 5.92 Å². The Bertz CT molecular complexity index is 525. The Kier molecular flexibility index (Phi) is 3.89. The number of nitrogens with zero attached hydrogens (tertiary/aromatic N) is 1. The number of anilines is 1. The van der Waals surface area contributed by atoms with Crippen molar-refractivity contribution in [2.24, 2.45) is 11.0 Å². The quantitative estimate of drug-likeness (QED) is 0.870. The molecule has 0 radical (unpaired) electrons. The summed E-state index contributed by atoms with van der Waals surface area (Å²) < 4.78 is 12.7. The fraction of sp³-hybridized carbons (Fsp3) is 0.308. The van der Waals surface area contributed by atoms with E-state index in [4.69, 9.17) is 0 Å². The number of hydrogen-bond acceptors (Lipinski definition) is 3. The highest BCUT2D eigenvalue weighted by Gasteiger charge is 2.25. The largest absolute Gasteiger partial charge is 0.326 e. The lowest BCUT2D eigenvalue weighted by atomic mass is 9.96. The van der Waals surface area contributed by atoms with Crippen LogP contribution in [0.2, 0.25) is 0 Å². The van der Waals surface area contributed by atoms with Crippen LogP contribution in [0, 0.1) is 11.7 Å². The first-order valence-corrected chi connectivity index (χ1v) is 5.93. The van der Waals surface area contributed by atoms with Crippen LogP contribution in [0.25, 0.3) is 0 Å². The first kappa shape index (κ1) is 13.2. The van der Waals surface area contributed by atoms with Gasteiger partial charge in [0, 0.05) is 17.8 Å². The SMILES string of the molecule is CC1=NNC(=O)[C@H](CC(=O)Nc2ccc(F)cc2)C1. The van der Waals surface area contributed by atoms with Crippen LogP contribution in [-0.2, 0) is 9.59 Å². The Morgan fingerprint density at radius 2 is 2.16 bits per heavy atom. The van der Waals surface area contributed by atoms with Crippen molar-refractivity contribution in [3.8, 4) is 0 Å². The second-order valence-electron chi connectivity index (χ2n) is 4.48. The standard InChI is InChI=1S/C13H14FN3O2/c1-8-6-9(13(19)17-16-8)7-12(18)15-11-4-2-10(14)3-5-11/h2-5,9H,6-7H2,1H3,(H,15,18)(H,17,19)/t9-/m0/s1. The smallest absolute Gasteiger partial charge is 0.244 e. The molecular weight excluding hydrogens is 249 g/mol. The summed E-state index contributed by atoms with van der Waals surface area (Å²) in [6.45, 7) is 1.80. The van der Waals surface area contributed by atoms with Gasteiger partial charge < -0.3 is 5.32 Å². The molecule has 2 rings (SSSR count). The van der Waals surface area contributed by atoms with Crippen molar-refractivity contribution in [3.63, 3.8) is 0 Å². The van der Waals surface area contributed by atoms with E-state index in [1.54, 1.807) is 6.92 Å². The van der Waals surface area contributed by atoms with Gasteiger partial charge in [0.25, 0.3) is 0 Å². The summed E-state index contributed by atoms with van der Waals surface area (Å²) in [6, 6.07) is 5.47.